The van der Waals surface area contributed by atoms with E-state index in [9.17, 15) is 0 Å². The fourth-order valence-electron chi connectivity index (χ4n) is 1.71. The van der Waals surface area contributed by atoms with Crippen LogP contribution in [0, 0.1) is 0 Å². The van der Waals surface area contributed by atoms with E-state index in [0.717, 1.165) is 11.5 Å². The van der Waals surface area contributed by atoms with Crippen molar-refractivity contribution < 1.29 is 0 Å². The van der Waals surface area contributed by atoms with Gasteiger partial charge in [0.15, 0.2) is 5.82 Å². The summed E-state index contributed by atoms with van der Waals surface area (Å²) in [5, 5.41) is 11.2. The minimum absolute atomic E-state index is 0.532. The van der Waals surface area contributed by atoms with E-state index in [1.165, 1.54) is 12.8 Å². The van der Waals surface area contributed by atoms with Crippen molar-refractivity contribution >= 4 is 17.5 Å². The number of hydrogen-bond donors (Lipinski definition) is 1. The molecule has 0 unspecified atom stereocenters. The van der Waals surface area contributed by atoms with E-state index in [4.69, 9.17) is 0 Å². The van der Waals surface area contributed by atoms with Gasteiger partial charge >= 0.3 is 0 Å². The maximum Gasteiger partial charge on any atom is 0.244 e. The lowest BCUT2D eigenvalue weighted by atomic mass is 10.3. The van der Waals surface area contributed by atoms with Crippen LogP contribution in [-0.4, -0.2) is 28.3 Å². The molecular formula is C13H15N5. The van der Waals surface area contributed by atoms with Crippen LogP contribution in [0.15, 0.2) is 36.5 Å². The molecule has 0 atom stereocenters. The van der Waals surface area contributed by atoms with Crippen LogP contribution in [0.3, 0.4) is 0 Å². The minimum atomic E-state index is 0.532. The molecule has 1 fully saturated rings. The van der Waals surface area contributed by atoms with Crippen molar-refractivity contribution in [3.05, 3.63) is 36.5 Å². The Morgan fingerprint density at radius 2 is 2.00 bits per heavy atom. The first-order valence-electron chi connectivity index (χ1n) is 6.08. The van der Waals surface area contributed by atoms with Gasteiger partial charge in [-0.3, -0.25) is 0 Å². The summed E-state index contributed by atoms with van der Waals surface area (Å²) in [6.45, 7) is 0. The lowest BCUT2D eigenvalue weighted by molar-refractivity contribution is 0.929. The average Bonchev–Trinajstić information content (AvgIpc) is 3.23. The number of hydrogen-bond acceptors (Lipinski definition) is 5. The quantitative estimate of drug-likeness (QED) is 0.889. The summed E-state index contributed by atoms with van der Waals surface area (Å²) in [6.07, 6.45) is 4.06. The van der Waals surface area contributed by atoms with Crippen LogP contribution in [0.1, 0.15) is 12.8 Å². The molecule has 1 aliphatic carbocycles. The van der Waals surface area contributed by atoms with Gasteiger partial charge in [0.1, 0.15) is 0 Å². The van der Waals surface area contributed by atoms with Crippen LogP contribution in [0.5, 0.6) is 0 Å². The normalized spacial score (nSPS) is 14.3. The number of benzene rings is 1. The first kappa shape index (κ1) is 11.0. The summed E-state index contributed by atoms with van der Waals surface area (Å²) in [6, 6.07) is 10.6. The summed E-state index contributed by atoms with van der Waals surface area (Å²) in [5.74, 6) is 1.40. The molecule has 18 heavy (non-hydrogen) atoms. The van der Waals surface area contributed by atoms with Crippen LogP contribution >= 0.6 is 0 Å². The SMILES string of the molecule is CN(c1ccccc1)c1cnnc(NC2CC2)n1. The van der Waals surface area contributed by atoms with Crippen molar-refractivity contribution in [2.45, 2.75) is 18.9 Å². The smallest absolute Gasteiger partial charge is 0.244 e. The third-order valence-corrected chi connectivity index (χ3v) is 2.94. The Kier molecular flexibility index (Phi) is 2.80. The maximum atomic E-state index is 4.47. The molecule has 92 valence electrons. The topological polar surface area (TPSA) is 53.9 Å². The van der Waals surface area contributed by atoms with Crippen molar-refractivity contribution in [3.8, 4) is 0 Å². The highest BCUT2D eigenvalue weighted by molar-refractivity contribution is 5.58. The fourth-order valence-corrected chi connectivity index (χ4v) is 1.71. The van der Waals surface area contributed by atoms with Gasteiger partial charge in [-0.1, -0.05) is 18.2 Å². The molecule has 1 aliphatic rings. The van der Waals surface area contributed by atoms with Crippen LogP contribution in [0.25, 0.3) is 0 Å². The van der Waals surface area contributed by atoms with E-state index in [0.29, 0.717) is 12.0 Å². The molecule has 1 N–H and O–H groups in total. The molecule has 5 nitrogen and oxygen atoms in total. The van der Waals surface area contributed by atoms with Crippen molar-refractivity contribution in [3.63, 3.8) is 0 Å². The van der Waals surface area contributed by atoms with E-state index in [2.05, 4.69) is 20.5 Å². The number of rotatable bonds is 4. The van der Waals surface area contributed by atoms with Crippen molar-refractivity contribution in [1.29, 1.82) is 0 Å². The van der Waals surface area contributed by atoms with Gasteiger partial charge < -0.3 is 10.2 Å². The van der Waals surface area contributed by atoms with Crippen LogP contribution in [0.2, 0.25) is 0 Å². The van der Waals surface area contributed by atoms with E-state index in [1.54, 1.807) is 6.20 Å². The molecule has 1 heterocycles. The van der Waals surface area contributed by atoms with E-state index >= 15 is 0 Å². The zero-order chi connectivity index (χ0) is 12.4. The molecule has 5 heteroatoms. The summed E-state index contributed by atoms with van der Waals surface area (Å²) in [4.78, 5) is 6.46. The van der Waals surface area contributed by atoms with Gasteiger partial charge in [-0.25, -0.2) is 0 Å². The second-order valence-electron chi connectivity index (χ2n) is 4.45. The van der Waals surface area contributed by atoms with E-state index < -0.39 is 0 Å². The number of anilines is 3. The largest absolute Gasteiger partial charge is 0.350 e. The van der Waals surface area contributed by atoms with Crippen molar-refractivity contribution in [2.75, 3.05) is 17.3 Å². The molecule has 0 bridgehead atoms. The number of nitrogens with one attached hydrogen (secondary N) is 1. The Morgan fingerprint density at radius 3 is 2.72 bits per heavy atom. The van der Waals surface area contributed by atoms with Crippen LogP contribution < -0.4 is 10.2 Å². The monoisotopic (exact) mass is 241 g/mol. The van der Waals surface area contributed by atoms with Gasteiger partial charge in [0.25, 0.3) is 0 Å². The highest BCUT2D eigenvalue weighted by Crippen LogP contribution is 2.24. The summed E-state index contributed by atoms with van der Waals surface area (Å²) < 4.78 is 0. The molecule has 3 rings (SSSR count). The Bertz CT molecular complexity index is 524. The Labute approximate surface area is 106 Å². The van der Waals surface area contributed by atoms with Gasteiger partial charge in [0, 0.05) is 18.8 Å². The van der Waals surface area contributed by atoms with Crippen molar-refractivity contribution in [1.82, 2.24) is 15.2 Å². The van der Waals surface area contributed by atoms with Gasteiger partial charge in [0.2, 0.25) is 5.95 Å². The second kappa shape index (κ2) is 4.60. The summed E-state index contributed by atoms with van der Waals surface area (Å²) >= 11 is 0. The standard InChI is InChI=1S/C13H15N5/c1-18(11-5-3-2-4-6-11)12-9-14-17-13(16-12)15-10-7-8-10/h2-6,9-10H,7-8H2,1H3,(H,15,16,17). The fraction of sp³-hybridized carbons (Fsp3) is 0.308. The van der Waals surface area contributed by atoms with Gasteiger partial charge in [-0.2, -0.15) is 10.1 Å². The lowest BCUT2D eigenvalue weighted by Crippen LogP contribution is -2.14. The Hall–Kier alpha value is -2.17. The van der Waals surface area contributed by atoms with Gasteiger partial charge in [-0.05, 0) is 25.0 Å². The zero-order valence-corrected chi connectivity index (χ0v) is 10.2. The molecular weight excluding hydrogens is 226 g/mol. The van der Waals surface area contributed by atoms with Crippen LogP contribution in [0.4, 0.5) is 17.5 Å². The molecule has 0 amide bonds. The first-order valence-corrected chi connectivity index (χ1v) is 6.08. The maximum absolute atomic E-state index is 4.47. The van der Waals surface area contributed by atoms with E-state index in [1.807, 2.05) is 42.3 Å². The predicted molar refractivity (Wildman–Crippen MR) is 71.0 cm³/mol. The minimum Gasteiger partial charge on any atom is -0.350 e. The average molecular weight is 241 g/mol. The molecule has 0 aliphatic heterocycles. The Balaban J connectivity index is 1.82. The summed E-state index contributed by atoms with van der Waals surface area (Å²) in [7, 11) is 1.97. The Morgan fingerprint density at radius 1 is 1.22 bits per heavy atom. The second-order valence-corrected chi connectivity index (χ2v) is 4.45. The van der Waals surface area contributed by atoms with Gasteiger partial charge in [0.05, 0.1) is 6.20 Å². The lowest BCUT2D eigenvalue weighted by Gasteiger charge is -2.17. The number of aromatic nitrogens is 3. The zero-order valence-electron chi connectivity index (χ0n) is 10.2. The molecule has 1 aromatic heterocycles. The highest BCUT2D eigenvalue weighted by Gasteiger charge is 2.22. The first-order chi connectivity index (χ1) is 8.83. The third-order valence-electron chi connectivity index (χ3n) is 2.94. The summed E-state index contributed by atoms with van der Waals surface area (Å²) in [5.41, 5.74) is 1.08. The number of nitrogens with zero attached hydrogens (tertiary/aromatic N) is 4. The molecule has 1 aromatic carbocycles. The molecule has 1 saturated carbocycles. The molecule has 0 saturated heterocycles. The van der Waals surface area contributed by atoms with Gasteiger partial charge in [-0.15, -0.1) is 5.10 Å². The molecule has 0 radical (unpaired) electrons. The molecule has 0 spiro atoms. The van der Waals surface area contributed by atoms with Crippen LogP contribution in [-0.2, 0) is 0 Å². The third kappa shape index (κ3) is 2.40. The predicted octanol–water partition coefficient (Wildman–Crippen LogP) is 2.21. The molecule has 2 aromatic rings. The van der Waals surface area contributed by atoms with E-state index in [-0.39, 0.29) is 0 Å². The van der Waals surface area contributed by atoms with Crippen molar-refractivity contribution in [2.24, 2.45) is 0 Å². The highest BCUT2D eigenvalue weighted by atomic mass is 15.3. The number of para-hydroxylation sites is 1.